The fourth-order valence-electron chi connectivity index (χ4n) is 5.40. The standard InChI is InChI=1S/C36H76N2O6/c1-9-13-15-16-17-20-28-41-32-36(22-19-18-21-27-40-26-14-10-2,33-42-29-24-37(5,6)23-11-3)34-43-30-25-38(7,8)31-35(39)44-12-4/h9-34H2,1-8H3/q+2/t36-/m0/s1. The number of carbonyl (C=O) groups is 1. The lowest BCUT2D eigenvalue weighted by Gasteiger charge is -2.35. The number of unbranched alkanes of at least 4 members (excludes halogenated alkanes) is 8. The maximum Gasteiger partial charge on any atom is 0.361 e. The maximum atomic E-state index is 12.1. The second kappa shape index (κ2) is 27.4. The molecule has 8 nitrogen and oxygen atoms in total. The zero-order chi connectivity index (χ0) is 33.0. The van der Waals surface area contributed by atoms with E-state index in [0.717, 1.165) is 89.1 Å². The molecule has 44 heavy (non-hydrogen) atoms. The van der Waals surface area contributed by atoms with Gasteiger partial charge in [-0.2, -0.15) is 0 Å². The normalized spacial score (nSPS) is 13.7. The van der Waals surface area contributed by atoms with Gasteiger partial charge in [-0.3, -0.25) is 0 Å². The fourth-order valence-corrected chi connectivity index (χ4v) is 5.40. The third-order valence-corrected chi connectivity index (χ3v) is 8.38. The summed E-state index contributed by atoms with van der Waals surface area (Å²) in [6, 6.07) is 0. The highest BCUT2D eigenvalue weighted by Gasteiger charge is 2.32. The van der Waals surface area contributed by atoms with Crippen molar-refractivity contribution in [1.29, 1.82) is 0 Å². The van der Waals surface area contributed by atoms with Gasteiger partial charge in [0.25, 0.3) is 0 Å². The van der Waals surface area contributed by atoms with E-state index < -0.39 is 0 Å². The van der Waals surface area contributed by atoms with Crippen molar-refractivity contribution in [3.05, 3.63) is 0 Å². The number of quaternary nitrogens is 2. The number of rotatable bonds is 33. The zero-order valence-corrected chi connectivity index (χ0v) is 30.7. The first-order chi connectivity index (χ1) is 21.1. The van der Waals surface area contributed by atoms with E-state index in [1.165, 1.54) is 44.9 Å². The molecule has 0 aliphatic heterocycles. The van der Waals surface area contributed by atoms with Crippen LogP contribution in [0.25, 0.3) is 0 Å². The van der Waals surface area contributed by atoms with Crippen LogP contribution in [-0.4, -0.2) is 129 Å². The Morgan fingerprint density at radius 1 is 0.523 bits per heavy atom. The van der Waals surface area contributed by atoms with Crippen LogP contribution in [0.3, 0.4) is 0 Å². The van der Waals surface area contributed by atoms with Crippen molar-refractivity contribution in [3.63, 3.8) is 0 Å². The van der Waals surface area contributed by atoms with Crippen molar-refractivity contribution >= 4 is 5.97 Å². The van der Waals surface area contributed by atoms with Gasteiger partial charge in [0.2, 0.25) is 0 Å². The molecule has 0 spiro atoms. The topological polar surface area (TPSA) is 63.2 Å². The van der Waals surface area contributed by atoms with E-state index in [1.807, 2.05) is 6.92 Å². The highest BCUT2D eigenvalue weighted by atomic mass is 16.5. The summed E-state index contributed by atoms with van der Waals surface area (Å²) in [4.78, 5) is 12.1. The van der Waals surface area contributed by atoms with Crippen LogP contribution in [0.5, 0.6) is 0 Å². The quantitative estimate of drug-likeness (QED) is 0.0446. The van der Waals surface area contributed by atoms with Crippen molar-refractivity contribution in [2.75, 3.05) is 114 Å². The molecule has 0 unspecified atom stereocenters. The van der Waals surface area contributed by atoms with E-state index in [4.69, 9.17) is 23.7 Å². The monoisotopic (exact) mass is 633 g/mol. The van der Waals surface area contributed by atoms with Gasteiger partial charge in [-0.05, 0) is 39.0 Å². The van der Waals surface area contributed by atoms with Gasteiger partial charge >= 0.3 is 5.97 Å². The summed E-state index contributed by atoms with van der Waals surface area (Å²) in [5.74, 6) is -0.161. The Morgan fingerprint density at radius 3 is 1.61 bits per heavy atom. The molecule has 0 bridgehead atoms. The number of hydrogen-bond acceptors (Lipinski definition) is 6. The first-order valence-electron chi connectivity index (χ1n) is 18.2. The van der Waals surface area contributed by atoms with Gasteiger partial charge in [-0.15, -0.1) is 0 Å². The van der Waals surface area contributed by atoms with Gasteiger partial charge in [-0.1, -0.05) is 72.1 Å². The average Bonchev–Trinajstić information content (AvgIpc) is 2.96. The first-order valence-corrected chi connectivity index (χ1v) is 18.2. The number of likely N-dealkylation sites (N-methyl/N-ethyl adjacent to an activating group) is 2. The number of esters is 1. The van der Waals surface area contributed by atoms with E-state index in [-0.39, 0.29) is 11.4 Å². The number of ether oxygens (including phenoxy) is 5. The third-order valence-electron chi connectivity index (χ3n) is 8.38. The number of nitrogens with zero attached hydrogens (tertiary/aromatic N) is 2. The predicted molar refractivity (Wildman–Crippen MR) is 183 cm³/mol. The van der Waals surface area contributed by atoms with Crippen LogP contribution in [-0.2, 0) is 28.5 Å². The number of carbonyl (C=O) groups excluding carboxylic acids is 1. The van der Waals surface area contributed by atoms with Gasteiger partial charge in [0.15, 0.2) is 6.54 Å². The summed E-state index contributed by atoms with van der Waals surface area (Å²) in [5, 5.41) is 0. The van der Waals surface area contributed by atoms with Crippen LogP contribution in [0.4, 0.5) is 0 Å². The minimum absolute atomic E-state index is 0.161. The summed E-state index contributed by atoms with van der Waals surface area (Å²) in [6.07, 6.45) is 15.4. The minimum atomic E-state index is -0.189. The Bertz CT molecular complexity index is 639. The molecule has 0 aromatic heterocycles. The summed E-state index contributed by atoms with van der Waals surface area (Å²) in [6.45, 7) is 17.9. The summed E-state index contributed by atoms with van der Waals surface area (Å²) >= 11 is 0. The fraction of sp³-hybridized carbons (Fsp3) is 0.972. The van der Waals surface area contributed by atoms with E-state index in [1.54, 1.807) is 0 Å². The Hall–Kier alpha value is -0.770. The second-order valence-electron chi connectivity index (χ2n) is 14.2. The lowest BCUT2D eigenvalue weighted by molar-refractivity contribution is -0.890. The Morgan fingerprint density at radius 2 is 1.02 bits per heavy atom. The van der Waals surface area contributed by atoms with Crippen LogP contribution in [0.15, 0.2) is 0 Å². The molecule has 0 aliphatic rings. The molecule has 264 valence electrons. The summed E-state index contributed by atoms with van der Waals surface area (Å²) < 4.78 is 31.7. The molecular weight excluding hydrogens is 556 g/mol. The van der Waals surface area contributed by atoms with Gasteiger partial charge in [0.1, 0.15) is 13.1 Å². The van der Waals surface area contributed by atoms with Gasteiger partial charge in [0.05, 0.1) is 74.4 Å². The van der Waals surface area contributed by atoms with Crippen molar-refractivity contribution in [3.8, 4) is 0 Å². The number of hydrogen-bond donors (Lipinski definition) is 0. The van der Waals surface area contributed by atoms with Crippen LogP contribution < -0.4 is 0 Å². The smallest absolute Gasteiger partial charge is 0.361 e. The molecule has 0 amide bonds. The van der Waals surface area contributed by atoms with E-state index in [2.05, 4.69) is 49.0 Å². The molecule has 0 radical (unpaired) electrons. The predicted octanol–water partition coefficient (Wildman–Crippen LogP) is 6.89. The van der Waals surface area contributed by atoms with E-state index >= 15 is 0 Å². The van der Waals surface area contributed by atoms with Crippen molar-refractivity contribution in [2.24, 2.45) is 5.41 Å². The van der Waals surface area contributed by atoms with E-state index in [0.29, 0.717) is 44.1 Å². The molecule has 1 atom stereocenters. The molecular formula is C36H76N2O6+2. The Balaban J connectivity index is 5.28. The molecule has 0 saturated carbocycles. The summed E-state index contributed by atoms with van der Waals surface area (Å²) in [5.41, 5.74) is -0.189. The van der Waals surface area contributed by atoms with Crippen LogP contribution in [0.1, 0.15) is 111 Å². The zero-order valence-electron chi connectivity index (χ0n) is 30.7. The second-order valence-corrected chi connectivity index (χ2v) is 14.2. The van der Waals surface area contributed by atoms with Gasteiger partial charge < -0.3 is 32.7 Å². The molecule has 8 heteroatoms. The SMILES string of the molecule is CCCCCCCCOC[C@@](CCCCCOCCCC)(COCC[N+](C)(C)CCC)COCC[N+](C)(C)CC(=O)OCC. The van der Waals surface area contributed by atoms with E-state index in [9.17, 15) is 4.79 Å². The highest BCUT2D eigenvalue weighted by molar-refractivity contribution is 5.70. The maximum absolute atomic E-state index is 12.1. The molecule has 0 aliphatic carbocycles. The van der Waals surface area contributed by atoms with Crippen LogP contribution >= 0.6 is 0 Å². The average molecular weight is 633 g/mol. The molecule has 0 N–H and O–H groups in total. The van der Waals surface area contributed by atoms with Crippen LogP contribution in [0, 0.1) is 5.41 Å². The lowest BCUT2D eigenvalue weighted by atomic mass is 9.84. The Kier molecular flexibility index (Phi) is 26.9. The lowest BCUT2D eigenvalue weighted by Crippen LogP contribution is -2.47. The summed E-state index contributed by atoms with van der Waals surface area (Å²) in [7, 11) is 8.68. The van der Waals surface area contributed by atoms with Crippen molar-refractivity contribution in [1.82, 2.24) is 0 Å². The molecule has 0 aromatic rings. The molecule has 0 aromatic carbocycles. The van der Waals surface area contributed by atoms with Gasteiger partial charge in [-0.25, -0.2) is 4.79 Å². The minimum Gasteiger partial charge on any atom is -0.462 e. The largest absolute Gasteiger partial charge is 0.462 e. The van der Waals surface area contributed by atoms with Crippen LogP contribution in [0.2, 0.25) is 0 Å². The molecule has 0 heterocycles. The van der Waals surface area contributed by atoms with Gasteiger partial charge in [0, 0.05) is 25.2 Å². The molecule has 0 rings (SSSR count). The molecule has 0 fully saturated rings. The first kappa shape index (κ1) is 43.2. The van der Waals surface area contributed by atoms with Crippen molar-refractivity contribution < 1.29 is 37.4 Å². The molecule has 0 saturated heterocycles. The van der Waals surface area contributed by atoms with Crippen molar-refractivity contribution in [2.45, 2.75) is 111 Å². The Labute approximate surface area is 273 Å². The highest BCUT2D eigenvalue weighted by Crippen LogP contribution is 2.28. The third kappa shape index (κ3) is 25.4.